The summed E-state index contributed by atoms with van der Waals surface area (Å²) in [4.78, 5) is 27.3. The molecule has 0 spiro atoms. The van der Waals surface area contributed by atoms with Crippen LogP contribution in [0.2, 0.25) is 0 Å². The van der Waals surface area contributed by atoms with E-state index in [0.29, 0.717) is 16.8 Å². The Morgan fingerprint density at radius 1 is 1.14 bits per heavy atom. The van der Waals surface area contributed by atoms with E-state index in [0.717, 1.165) is 5.56 Å². The lowest BCUT2D eigenvalue weighted by Gasteiger charge is -2.34. The van der Waals surface area contributed by atoms with E-state index in [2.05, 4.69) is 0 Å². The van der Waals surface area contributed by atoms with Gasteiger partial charge in [-0.15, -0.1) is 0 Å². The van der Waals surface area contributed by atoms with Crippen molar-refractivity contribution in [2.24, 2.45) is 0 Å². The molecule has 0 bridgehead atoms. The minimum Gasteiger partial charge on any atom is -0.460 e. The number of esters is 1. The van der Waals surface area contributed by atoms with Crippen molar-refractivity contribution in [2.75, 3.05) is 0 Å². The van der Waals surface area contributed by atoms with E-state index in [9.17, 15) is 18.4 Å². The molecule has 1 amide bonds. The first-order chi connectivity index (χ1) is 13.8. The molecule has 1 aliphatic heterocycles. The minimum atomic E-state index is -0.589. The molecule has 1 atom stereocenters. The van der Waals surface area contributed by atoms with E-state index in [1.54, 1.807) is 45.0 Å². The molecule has 4 nitrogen and oxygen atoms in total. The summed E-state index contributed by atoms with van der Waals surface area (Å²) in [6, 6.07) is 11.8. The maximum atomic E-state index is 13.8. The van der Waals surface area contributed by atoms with Crippen LogP contribution in [0, 0.1) is 11.6 Å². The fourth-order valence-corrected chi connectivity index (χ4v) is 3.53. The van der Waals surface area contributed by atoms with Crippen molar-refractivity contribution in [3.05, 3.63) is 82.6 Å². The predicted molar refractivity (Wildman–Crippen MR) is 105 cm³/mol. The lowest BCUT2D eigenvalue weighted by atomic mass is 9.83. The average Bonchev–Trinajstić information content (AvgIpc) is 2.65. The predicted octanol–water partition coefficient (Wildman–Crippen LogP) is 4.71. The van der Waals surface area contributed by atoms with Crippen LogP contribution < -0.4 is 0 Å². The second-order valence-corrected chi connectivity index (χ2v) is 7.37. The first-order valence-electron chi connectivity index (χ1n) is 9.48. The van der Waals surface area contributed by atoms with Gasteiger partial charge in [-0.3, -0.25) is 4.79 Å². The topological polar surface area (TPSA) is 46.6 Å². The quantitative estimate of drug-likeness (QED) is 0.685. The van der Waals surface area contributed by atoms with Crippen LogP contribution in [0.3, 0.4) is 0 Å². The maximum Gasteiger partial charge on any atom is 0.336 e. The lowest BCUT2D eigenvalue weighted by molar-refractivity contribution is -0.143. The smallest absolute Gasteiger partial charge is 0.336 e. The van der Waals surface area contributed by atoms with Crippen LogP contribution >= 0.6 is 0 Å². The molecule has 152 valence electrons. The number of nitrogens with zero attached hydrogens (tertiary/aromatic N) is 1. The number of amides is 1. The number of hydrogen-bond donors (Lipinski definition) is 0. The SMILES string of the molecule is CC1=C(C(=O)OC(C)C)C(c2cccc(F)c2)CC(=O)N1Cc1ccc(F)cc1. The summed E-state index contributed by atoms with van der Waals surface area (Å²) in [5.74, 6) is -2.10. The molecule has 3 rings (SSSR count). The van der Waals surface area contributed by atoms with Crippen LogP contribution in [0.15, 0.2) is 59.8 Å². The first kappa shape index (κ1) is 20.7. The largest absolute Gasteiger partial charge is 0.460 e. The molecule has 1 aliphatic rings. The van der Waals surface area contributed by atoms with E-state index in [4.69, 9.17) is 4.74 Å². The Kier molecular flexibility index (Phi) is 6.11. The Morgan fingerprint density at radius 3 is 2.45 bits per heavy atom. The second-order valence-electron chi connectivity index (χ2n) is 7.37. The molecule has 0 aromatic heterocycles. The van der Waals surface area contributed by atoms with E-state index < -0.39 is 17.7 Å². The van der Waals surface area contributed by atoms with E-state index >= 15 is 0 Å². The summed E-state index contributed by atoms with van der Waals surface area (Å²) in [5.41, 5.74) is 2.09. The Bertz CT molecular complexity index is 951. The molecule has 0 saturated heterocycles. The normalized spacial score (nSPS) is 17.1. The van der Waals surface area contributed by atoms with E-state index in [1.807, 2.05) is 0 Å². The van der Waals surface area contributed by atoms with Gasteiger partial charge in [0.15, 0.2) is 0 Å². The highest BCUT2D eigenvalue weighted by Crippen LogP contribution is 2.38. The molecular weight excluding hydrogens is 376 g/mol. The van der Waals surface area contributed by atoms with Crippen molar-refractivity contribution in [1.29, 1.82) is 0 Å². The zero-order valence-electron chi connectivity index (χ0n) is 16.6. The molecule has 6 heteroatoms. The molecule has 0 saturated carbocycles. The zero-order chi connectivity index (χ0) is 21.1. The van der Waals surface area contributed by atoms with Crippen LogP contribution in [0.25, 0.3) is 0 Å². The molecule has 2 aromatic rings. The number of ether oxygens (including phenoxy) is 1. The van der Waals surface area contributed by atoms with Crippen LogP contribution in [-0.4, -0.2) is 22.9 Å². The van der Waals surface area contributed by atoms with Crippen LogP contribution in [0.4, 0.5) is 8.78 Å². The molecule has 0 aliphatic carbocycles. The number of carbonyl (C=O) groups is 2. The fourth-order valence-electron chi connectivity index (χ4n) is 3.53. The minimum absolute atomic E-state index is 0.0184. The summed E-state index contributed by atoms with van der Waals surface area (Å²) in [6.45, 7) is 5.38. The van der Waals surface area contributed by atoms with Crippen LogP contribution in [0.5, 0.6) is 0 Å². The second kappa shape index (κ2) is 8.55. The van der Waals surface area contributed by atoms with Crippen molar-refractivity contribution in [3.63, 3.8) is 0 Å². The number of halogens is 2. The molecule has 2 aromatic carbocycles. The first-order valence-corrected chi connectivity index (χ1v) is 9.48. The van der Waals surface area contributed by atoms with Gasteiger partial charge in [-0.05, 0) is 56.2 Å². The van der Waals surface area contributed by atoms with Crippen molar-refractivity contribution >= 4 is 11.9 Å². The molecule has 1 heterocycles. The molecule has 1 unspecified atom stereocenters. The number of carbonyl (C=O) groups excluding carboxylic acids is 2. The number of allylic oxidation sites excluding steroid dienone is 1. The fraction of sp³-hybridized carbons (Fsp3) is 0.304. The van der Waals surface area contributed by atoms with Gasteiger partial charge in [0, 0.05) is 18.0 Å². The third-order valence-electron chi connectivity index (χ3n) is 4.89. The van der Waals surface area contributed by atoms with Gasteiger partial charge in [-0.1, -0.05) is 24.3 Å². The van der Waals surface area contributed by atoms with Gasteiger partial charge >= 0.3 is 5.97 Å². The van der Waals surface area contributed by atoms with Gasteiger partial charge in [-0.25, -0.2) is 13.6 Å². The van der Waals surface area contributed by atoms with Crippen molar-refractivity contribution in [2.45, 2.75) is 45.8 Å². The van der Waals surface area contributed by atoms with Crippen molar-refractivity contribution < 1.29 is 23.1 Å². The maximum absolute atomic E-state index is 13.8. The number of hydrogen-bond acceptors (Lipinski definition) is 3. The Balaban J connectivity index is 2.03. The summed E-state index contributed by atoms with van der Waals surface area (Å²) in [5, 5.41) is 0. The Morgan fingerprint density at radius 2 is 1.83 bits per heavy atom. The van der Waals surface area contributed by atoms with Gasteiger partial charge in [-0.2, -0.15) is 0 Å². The molecular formula is C23H23F2NO3. The Labute approximate surface area is 168 Å². The van der Waals surface area contributed by atoms with Crippen LogP contribution in [-0.2, 0) is 20.9 Å². The summed E-state index contributed by atoms with van der Waals surface area (Å²) in [6.07, 6.45) is -0.316. The summed E-state index contributed by atoms with van der Waals surface area (Å²) >= 11 is 0. The highest BCUT2D eigenvalue weighted by atomic mass is 19.1. The number of benzene rings is 2. The van der Waals surface area contributed by atoms with Gasteiger partial charge in [0.05, 0.1) is 18.2 Å². The standard InChI is InChI=1S/C23H23F2NO3/c1-14(2)29-23(28)22-15(3)26(13-16-7-9-18(24)10-8-16)21(27)12-20(22)17-5-4-6-19(25)11-17/h4-11,14,20H,12-13H2,1-3H3. The average molecular weight is 399 g/mol. The number of rotatable bonds is 5. The third kappa shape index (κ3) is 4.70. The van der Waals surface area contributed by atoms with Gasteiger partial charge in [0.1, 0.15) is 11.6 Å². The van der Waals surface area contributed by atoms with Gasteiger partial charge in [0.2, 0.25) is 5.91 Å². The monoisotopic (exact) mass is 399 g/mol. The van der Waals surface area contributed by atoms with Crippen molar-refractivity contribution in [1.82, 2.24) is 4.90 Å². The summed E-state index contributed by atoms with van der Waals surface area (Å²) in [7, 11) is 0. The molecule has 0 N–H and O–H groups in total. The lowest BCUT2D eigenvalue weighted by Crippen LogP contribution is -2.38. The van der Waals surface area contributed by atoms with Crippen LogP contribution in [0.1, 0.15) is 44.2 Å². The Hall–Kier alpha value is -3.02. The van der Waals surface area contributed by atoms with Crippen molar-refractivity contribution in [3.8, 4) is 0 Å². The summed E-state index contributed by atoms with van der Waals surface area (Å²) < 4.78 is 32.4. The van der Waals surface area contributed by atoms with E-state index in [1.165, 1.54) is 29.2 Å². The molecule has 0 radical (unpaired) electrons. The molecule has 0 fully saturated rings. The van der Waals surface area contributed by atoms with E-state index in [-0.39, 0.29) is 30.8 Å². The zero-order valence-corrected chi connectivity index (χ0v) is 16.6. The van der Waals surface area contributed by atoms with Gasteiger partial charge < -0.3 is 9.64 Å². The molecule has 29 heavy (non-hydrogen) atoms. The third-order valence-corrected chi connectivity index (χ3v) is 4.89. The van der Waals surface area contributed by atoms with Gasteiger partial charge in [0.25, 0.3) is 0 Å². The highest BCUT2D eigenvalue weighted by molar-refractivity contribution is 5.96. The highest BCUT2D eigenvalue weighted by Gasteiger charge is 2.37.